The predicted molar refractivity (Wildman–Crippen MR) is 72.3 cm³/mol. The molecule has 1 heterocycles. The van der Waals surface area contributed by atoms with Crippen molar-refractivity contribution in [3.8, 4) is 0 Å². The average molecular weight is 262 g/mol. The lowest BCUT2D eigenvalue weighted by Crippen LogP contribution is -2.39. The SMILES string of the molecule is C=CC1=C(C=C)C(=O)N(C(C=O)CCC(=O)NC)C1. The van der Waals surface area contributed by atoms with E-state index in [4.69, 9.17) is 0 Å². The van der Waals surface area contributed by atoms with E-state index < -0.39 is 6.04 Å². The summed E-state index contributed by atoms with van der Waals surface area (Å²) in [6.45, 7) is 7.57. The van der Waals surface area contributed by atoms with Gasteiger partial charge in [0.05, 0.1) is 6.04 Å². The van der Waals surface area contributed by atoms with Crippen LogP contribution in [0.15, 0.2) is 36.5 Å². The van der Waals surface area contributed by atoms with Crippen molar-refractivity contribution in [2.24, 2.45) is 0 Å². The number of nitrogens with one attached hydrogen (secondary N) is 1. The lowest BCUT2D eigenvalue weighted by Gasteiger charge is -2.23. The van der Waals surface area contributed by atoms with Crippen LogP contribution in [-0.2, 0) is 14.4 Å². The zero-order valence-corrected chi connectivity index (χ0v) is 11.0. The number of carbonyl (C=O) groups excluding carboxylic acids is 3. The van der Waals surface area contributed by atoms with Crippen molar-refractivity contribution < 1.29 is 14.4 Å². The second-order valence-electron chi connectivity index (χ2n) is 4.20. The highest BCUT2D eigenvalue weighted by Gasteiger charge is 2.32. The van der Waals surface area contributed by atoms with Crippen LogP contribution in [0.1, 0.15) is 12.8 Å². The number of carbonyl (C=O) groups is 3. The first-order chi connectivity index (χ1) is 9.08. The Morgan fingerprint density at radius 1 is 1.47 bits per heavy atom. The molecule has 1 rings (SSSR count). The lowest BCUT2D eigenvalue weighted by atomic mass is 10.1. The van der Waals surface area contributed by atoms with E-state index in [0.717, 1.165) is 5.57 Å². The standard InChI is InChI=1S/C14H18N2O3/c1-4-10-8-16(14(19)12(10)5-2)11(9-17)6-7-13(18)15-3/h4-5,9,11H,1-2,6-8H2,3H3,(H,15,18). The quantitative estimate of drug-likeness (QED) is 0.683. The molecule has 0 bridgehead atoms. The first-order valence-corrected chi connectivity index (χ1v) is 6.03. The van der Waals surface area contributed by atoms with Gasteiger partial charge in [-0.2, -0.15) is 0 Å². The maximum atomic E-state index is 12.1. The summed E-state index contributed by atoms with van der Waals surface area (Å²) in [5.41, 5.74) is 1.23. The van der Waals surface area contributed by atoms with Crippen molar-refractivity contribution in [2.75, 3.05) is 13.6 Å². The smallest absolute Gasteiger partial charge is 0.255 e. The van der Waals surface area contributed by atoms with E-state index in [-0.39, 0.29) is 18.2 Å². The Labute approximate surface area is 112 Å². The van der Waals surface area contributed by atoms with Crippen LogP contribution in [-0.4, -0.2) is 42.6 Å². The fourth-order valence-electron chi connectivity index (χ4n) is 1.99. The molecule has 0 spiro atoms. The second-order valence-corrected chi connectivity index (χ2v) is 4.20. The van der Waals surface area contributed by atoms with Gasteiger partial charge >= 0.3 is 0 Å². The molecule has 5 nitrogen and oxygen atoms in total. The summed E-state index contributed by atoms with van der Waals surface area (Å²) in [7, 11) is 1.53. The van der Waals surface area contributed by atoms with E-state index in [1.807, 2.05) is 0 Å². The Kier molecular flexibility index (Phi) is 5.23. The van der Waals surface area contributed by atoms with Gasteiger partial charge in [0, 0.05) is 25.6 Å². The molecule has 1 atom stereocenters. The van der Waals surface area contributed by atoms with Crippen LogP contribution in [0.5, 0.6) is 0 Å². The molecular weight excluding hydrogens is 244 g/mol. The number of aldehydes is 1. The Bertz CT molecular complexity index is 452. The van der Waals surface area contributed by atoms with Crippen LogP contribution >= 0.6 is 0 Å². The van der Waals surface area contributed by atoms with E-state index in [1.165, 1.54) is 18.0 Å². The van der Waals surface area contributed by atoms with Gasteiger partial charge in [0.2, 0.25) is 5.91 Å². The molecule has 1 aliphatic rings. The van der Waals surface area contributed by atoms with Crippen LogP contribution in [0.25, 0.3) is 0 Å². The molecule has 1 aliphatic heterocycles. The molecule has 0 aromatic carbocycles. The van der Waals surface area contributed by atoms with Crippen LogP contribution in [0.3, 0.4) is 0 Å². The van der Waals surface area contributed by atoms with E-state index in [0.29, 0.717) is 24.8 Å². The van der Waals surface area contributed by atoms with Crippen LogP contribution in [0, 0.1) is 0 Å². The topological polar surface area (TPSA) is 66.5 Å². The summed E-state index contributed by atoms with van der Waals surface area (Å²) < 4.78 is 0. The molecule has 102 valence electrons. The Morgan fingerprint density at radius 2 is 2.16 bits per heavy atom. The van der Waals surface area contributed by atoms with Crippen molar-refractivity contribution in [3.63, 3.8) is 0 Å². The van der Waals surface area contributed by atoms with E-state index in [2.05, 4.69) is 18.5 Å². The molecule has 19 heavy (non-hydrogen) atoms. The first-order valence-electron chi connectivity index (χ1n) is 6.03. The second kappa shape index (κ2) is 6.68. The Morgan fingerprint density at radius 3 is 2.58 bits per heavy atom. The number of hydrogen-bond donors (Lipinski definition) is 1. The number of hydrogen-bond acceptors (Lipinski definition) is 3. The van der Waals surface area contributed by atoms with Crippen molar-refractivity contribution in [1.29, 1.82) is 0 Å². The summed E-state index contributed by atoms with van der Waals surface area (Å²) in [5, 5.41) is 2.49. The molecule has 1 N–H and O–H groups in total. The molecule has 0 aromatic heterocycles. The number of rotatable bonds is 7. The summed E-state index contributed by atoms with van der Waals surface area (Å²) in [6.07, 6.45) is 4.28. The zero-order valence-electron chi connectivity index (χ0n) is 11.0. The molecular formula is C14H18N2O3. The molecule has 0 radical (unpaired) electrons. The third-order valence-electron chi connectivity index (χ3n) is 3.13. The zero-order chi connectivity index (χ0) is 14.4. The van der Waals surface area contributed by atoms with Crippen LogP contribution in [0.4, 0.5) is 0 Å². The van der Waals surface area contributed by atoms with Gasteiger partial charge in [0.1, 0.15) is 6.29 Å². The van der Waals surface area contributed by atoms with E-state index in [9.17, 15) is 14.4 Å². The lowest BCUT2D eigenvalue weighted by molar-refractivity contribution is -0.131. The highest BCUT2D eigenvalue weighted by atomic mass is 16.2. The average Bonchev–Trinajstić information content (AvgIpc) is 2.75. The summed E-state index contributed by atoms with van der Waals surface area (Å²) in [5.74, 6) is -0.391. The minimum atomic E-state index is -0.600. The van der Waals surface area contributed by atoms with Crippen molar-refractivity contribution in [3.05, 3.63) is 36.5 Å². The minimum absolute atomic E-state index is 0.153. The monoisotopic (exact) mass is 262 g/mol. The third-order valence-corrected chi connectivity index (χ3v) is 3.13. The highest BCUT2D eigenvalue weighted by molar-refractivity contribution is 6.01. The molecule has 0 aromatic rings. The Hall–Kier alpha value is -2.17. The van der Waals surface area contributed by atoms with Gasteiger partial charge in [-0.1, -0.05) is 25.3 Å². The van der Waals surface area contributed by atoms with Gasteiger partial charge < -0.3 is 15.0 Å². The molecule has 0 saturated carbocycles. The first kappa shape index (κ1) is 14.9. The van der Waals surface area contributed by atoms with Gasteiger partial charge in [-0.05, 0) is 12.0 Å². The molecule has 0 saturated heterocycles. The maximum Gasteiger partial charge on any atom is 0.255 e. The van der Waals surface area contributed by atoms with Crippen molar-refractivity contribution in [2.45, 2.75) is 18.9 Å². The summed E-state index contributed by atoms with van der Waals surface area (Å²) in [6, 6.07) is -0.600. The van der Waals surface area contributed by atoms with E-state index >= 15 is 0 Å². The molecule has 5 heteroatoms. The van der Waals surface area contributed by atoms with Gasteiger partial charge in [0.25, 0.3) is 5.91 Å². The largest absolute Gasteiger partial charge is 0.359 e. The highest BCUT2D eigenvalue weighted by Crippen LogP contribution is 2.23. The Balaban J connectivity index is 2.78. The molecule has 1 unspecified atom stereocenters. The minimum Gasteiger partial charge on any atom is -0.359 e. The fraction of sp³-hybridized carbons (Fsp3) is 0.357. The maximum absolute atomic E-state index is 12.1. The summed E-state index contributed by atoms with van der Waals surface area (Å²) in [4.78, 5) is 35.9. The molecule has 2 amide bonds. The van der Waals surface area contributed by atoms with Crippen LogP contribution in [0.2, 0.25) is 0 Å². The molecule has 0 aliphatic carbocycles. The molecule has 0 fully saturated rings. The van der Waals surface area contributed by atoms with Gasteiger partial charge in [-0.3, -0.25) is 9.59 Å². The van der Waals surface area contributed by atoms with Gasteiger partial charge in [-0.15, -0.1) is 0 Å². The normalized spacial score (nSPS) is 16.3. The van der Waals surface area contributed by atoms with Gasteiger partial charge in [0.15, 0.2) is 0 Å². The summed E-state index contributed by atoms with van der Waals surface area (Å²) >= 11 is 0. The van der Waals surface area contributed by atoms with Crippen LogP contribution < -0.4 is 5.32 Å². The number of amides is 2. The van der Waals surface area contributed by atoms with Crippen molar-refractivity contribution >= 4 is 18.1 Å². The van der Waals surface area contributed by atoms with Gasteiger partial charge in [-0.25, -0.2) is 0 Å². The van der Waals surface area contributed by atoms with Crippen molar-refractivity contribution in [1.82, 2.24) is 10.2 Å². The number of nitrogens with zero attached hydrogens (tertiary/aromatic N) is 1. The third kappa shape index (κ3) is 3.19. The predicted octanol–water partition coefficient (Wildman–Crippen LogP) is 0.591. The van der Waals surface area contributed by atoms with E-state index in [1.54, 1.807) is 6.08 Å². The fourth-order valence-corrected chi connectivity index (χ4v) is 1.99.